The summed E-state index contributed by atoms with van der Waals surface area (Å²) in [5, 5.41) is 4.90. The summed E-state index contributed by atoms with van der Waals surface area (Å²) in [7, 11) is 0. The lowest BCUT2D eigenvalue weighted by molar-refractivity contribution is 0.577. The SMILES string of the molecule is CCCNC(C)c1cnc(C2CCC(C)C2)s1. The van der Waals surface area contributed by atoms with Gasteiger partial charge in [-0.15, -0.1) is 11.3 Å². The van der Waals surface area contributed by atoms with Crippen LogP contribution in [0.15, 0.2) is 6.20 Å². The molecular formula is C14H24N2S. The molecule has 17 heavy (non-hydrogen) atoms. The van der Waals surface area contributed by atoms with Crippen molar-refractivity contribution < 1.29 is 0 Å². The highest BCUT2D eigenvalue weighted by Crippen LogP contribution is 2.40. The van der Waals surface area contributed by atoms with Crippen LogP contribution in [0.3, 0.4) is 0 Å². The van der Waals surface area contributed by atoms with Gasteiger partial charge in [0.25, 0.3) is 0 Å². The third kappa shape index (κ3) is 3.29. The molecular weight excluding hydrogens is 228 g/mol. The van der Waals surface area contributed by atoms with Crippen molar-refractivity contribution in [2.24, 2.45) is 5.92 Å². The number of aromatic nitrogens is 1. The van der Waals surface area contributed by atoms with Gasteiger partial charge < -0.3 is 5.32 Å². The van der Waals surface area contributed by atoms with Gasteiger partial charge in [0.1, 0.15) is 0 Å². The normalized spacial score (nSPS) is 26.3. The van der Waals surface area contributed by atoms with Gasteiger partial charge in [-0.25, -0.2) is 4.98 Å². The average Bonchev–Trinajstić information content (AvgIpc) is 2.93. The molecule has 1 aliphatic rings. The summed E-state index contributed by atoms with van der Waals surface area (Å²) in [5.74, 6) is 1.63. The fourth-order valence-corrected chi connectivity index (χ4v) is 3.68. The highest BCUT2D eigenvalue weighted by Gasteiger charge is 2.25. The molecule has 1 aromatic rings. The van der Waals surface area contributed by atoms with E-state index in [1.54, 1.807) is 0 Å². The smallest absolute Gasteiger partial charge is 0.0959 e. The third-order valence-corrected chi connectivity index (χ3v) is 5.06. The van der Waals surface area contributed by atoms with Crippen LogP contribution in [-0.4, -0.2) is 11.5 Å². The maximum atomic E-state index is 4.64. The fourth-order valence-electron chi connectivity index (χ4n) is 2.58. The fraction of sp³-hybridized carbons (Fsp3) is 0.786. The van der Waals surface area contributed by atoms with E-state index in [0.29, 0.717) is 6.04 Å². The Morgan fingerprint density at radius 3 is 3.00 bits per heavy atom. The molecule has 1 aromatic heterocycles. The Morgan fingerprint density at radius 2 is 2.35 bits per heavy atom. The van der Waals surface area contributed by atoms with E-state index < -0.39 is 0 Å². The number of nitrogens with zero attached hydrogens (tertiary/aromatic N) is 1. The molecule has 96 valence electrons. The molecule has 3 atom stereocenters. The number of hydrogen-bond acceptors (Lipinski definition) is 3. The highest BCUT2D eigenvalue weighted by molar-refractivity contribution is 7.11. The van der Waals surface area contributed by atoms with Crippen molar-refractivity contribution in [2.45, 2.75) is 58.4 Å². The van der Waals surface area contributed by atoms with Crippen LogP contribution in [0.25, 0.3) is 0 Å². The maximum Gasteiger partial charge on any atom is 0.0959 e. The molecule has 0 aliphatic heterocycles. The monoisotopic (exact) mass is 252 g/mol. The molecule has 0 radical (unpaired) electrons. The predicted molar refractivity (Wildman–Crippen MR) is 74.6 cm³/mol. The van der Waals surface area contributed by atoms with Crippen LogP contribution < -0.4 is 5.32 Å². The van der Waals surface area contributed by atoms with Crippen molar-refractivity contribution >= 4 is 11.3 Å². The molecule has 2 rings (SSSR count). The summed E-state index contributed by atoms with van der Waals surface area (Å²) in [6, 6.07) is 0.458. The molecule has 0 amide bonds. The third-order valence-electron chi connectivity index (χ3n) is 3.71. The van der Waals surface area contributed by atoms with Gasteiger partial charge in [-0.2, -0.15) is 0 Å². The first kappa shape index (κ1) is 13.0. The number of nitrogens with one attached hydrogen (secondary N) is 1. The zero-order chi connectivity index (χ0) is 12.3. The van der Waals surface area contributed by atoms with Gasteiger partial charge in [0.05, 0.1) is 5.01 Å². The van der Waals surface area contributed by atoms with E-state index in [9.17, 15) is 0 Å². The summed E-state index contributed by atoms with van der Waals surface area (Å²) < 4.78 is 0. The van der Waals surface area contributed by atoms with Gasteiger partial charge in [0.15, 0.2) is 0 Å². The lowest BCUT2D eigenvalue weighted by atomic mass is 10.1. The van der Waals surface area contributed by atoms with Gasteiger partial charge in [0, 0.05) is 23.0 Å². The van der Waals surface area contributed by atoms with Crippen LogP contribution in [-0.2, 0) is 0 Å². The van der Waals surface area contributed by atoms with Crippen molar-refractivity contribution in [1.29, 1.82) is 0 Å². The minimum Gasteiger partial charge on any atom is -0.309 e. The van der Waals surface area contributed by atoms with E-state index in [4.69, 9.17) is 0 Å². The summed E-state index contributed by atoms with van der Waals surface area (Å²) in [5.41, 5.74) is 0. The Hall–Kier alpha value is -0.410. The molecule has 1 saturated carbocycles. The Labute approximate surface area is 109 Å². The zero-order valence-corrected chi connectivity index (χ0v) is 12.0. The molecule has 1 fully saturated rings. The molecule has 3 unspecified atom stereocenters. The second-order valence-corrected chi connectivity index (χ2v) is 6.49. The maximum absolute atomic E-state index is 4.64. The van der Waals surface area contributed by atoms with Gasteiger partial charge in [0.2, 0.25) is 0 Å². The van der Waals surface area contributed by atoms with Crippen LogP contribution >= 0.6 is 11.3 Å². The van der Waals surface area contributed by atoms with Crippen LogP contribution in [0.4, 0.5) is 0 Å². The van der Waals surface area contributed by atoms with Crippen molar-refractivity contribution in [2.75, 3.05) is 6.54 Å². The van der Waals surface area contributed by atoms with Crippen LogP contribution in [0.2, 0.25) is 0 Å². The van der Waals surface area contributed by atoms with E-state index >= 15 is 0 Å². The first-order valence-corrected chi connectivity index (χ1v) is 7.71. The van der Waals surface area contributed by atoms with E-state index in [1.165, 1.54) is 35.6 Å². The minimum atomic E-state index is 0.458. The van der Waals surface area contributed by atoms with E-state index in [1.807, 2.05) is 11.3 Å². The number of thiazole rings is 1. The predicted octanol–water partition coefficient (Wildman–Crippen LogP) is 4.11. The summed E-state index contributed by atoms with van der Waals surface area (Å²) in [4.78, 5) is 6.04. The molecule has 1 N–H and O–H groups in total. The van der Waals surface area contributed by atoms with Gasteiger partial charge in [-0.1, -0.05) is 20.3 Å². The molecule has 0 aromatic carbocycles. The molecule has 0 bridgehead atoms. The molecule has 0 spiro atoms. The lowest BCUT2D eigenvalue weighted by Crippen LogP contribution is -2.18. The van der Waals surface area contributed by atoms with Crippen molar-refractivity contribution in [3.63, 3.8) is 0 Å². The minimum absolute atomic E-state index is 0.458. The Bertz CT molecular complexity index is 348. The summed E-state index contributed by atoms with van der Waals surface area (Å²) >= 11 is 1.92. The standard InChI is InChI=1S/C14H24N2S/c1-4-7-15-11(3)13-9-16-14(17-13)12-6-5-10(2)8-12/h9-12,15H,4-8H2,1-3H3. The zero-order valence-electron chi connectivity index (χ0n) is 11.2. The first-order chi connectivity index (χ1) is 8.20. The summed E-state index contributed by atoms with van der Waals surface area (Å²) in [6.07, 6.45) is 7.32. The lowest BCUT2D eigenvalue weighted by Gasteiger charge is -2.10. The first-order valence-electron chi connectivity index (χ1n) is 6.89. The van der Waals surface area contributed by atoms with E-state index in [0.717, 1.165) is 18.4 Å². The van der Waals surface area contributed by atoms with Crippen LogP contribution in [0.1, 0.15) is 68.3 Å². The summed E-state index contributed by atoms with van der Waals surface area (Å²) in [6.45, 7) is 7.90. The second kappa shape index (κ2) is 5.96. The van der Waals surface area contributed by atoms with Gasteiger partial charge in [-0.05, 0) is 38.6 Å². The topological polar surface area (TPSA) is 24.9 Å². The highest BCUT2D eigenvalue weighted by atomic mass is 32.1. The van der Waals surface area contributed by atoms with Gasteiger partial charge >= 0.3 is 0 Å². The number of hydrogen-bond donors (Lipinski definition) is 1. The van der Waals surface area contributed by atoms with Crippen molar-refractivity contribution in [3.05, 3.63) is 16.1 Å². The molecule has 3 heteroatoms. The van der Waals surface area contributed by atoms with E-state index in [-0.39, 0.29) is 0 Å². The Morgan fingerprint density at radius 1 is 1.53 bits per heavy atom. The van der Waals surface area contributed by atoms with Crippen molar-refractivity contribution in [3.8, 4) is 0 Å². The van der Waals surface area contributed by atoms with Crippen LogP contribution in [0, 0.1) is 5.92 Å². The Balaban J connectivity index is 1.95. The van der Waals surface area contributed by atoms with Crippen LogP contribution in [0.5, 0.6) is 0 Å². The van der Waals surface area contributed by atoms with Crippen molar-refractivity contribution in [1.82, 2.24) is 10.3 Å². The van der Waals surface area contributed by atoms with Gasteiger partial charge in [-0.3, -0.25) is 0 Å². The molecule has 1 heterocycles. The number of rotatable bonds is 5. The second-order valence-electron chi connectivity index (χ2n) is 5.39. The Kier molecular flexibility index (Phi) is 4.57. The molecule has 2 nitrogen and oxygen atoms in total. The molecule has 0 saturated heterocycles. The quantitative estimate of drug-likeness (QED) is 0.853. The largest absolute Gasteiger partial charge is 0.309 e. The molecule has 1 aliphatic carbocycles. The van der Waals surface area contributed by atoms with E-state index in [2.05, 4.69) is 37.3 Å². The average molecular weight is 252 g/mol.